The third-order valence-electron chi connectivity index (χ3n) is 1.83. The summed E-state index contributed by atoms with van der Waals surface area (Å²) >= 11 is 0. The molecule has 0 saturated heterocycles. The van der Waals surface area contributed by atoms with Crippen molar-refractivity contribution in [3.63, 3.8) is 0 Å². The topological polar surface area (TPSA) is 126 Å². The van der Waals surface area contributed by atoms with Crippen molar-refractivity contribution in [1.29, 1.82) is 5.26 Å². The van der Waals surface area contributed by atoms with Gasteiger partial charge in [0, 0.05) is 13.6 Å². The van der Waals surface area contributed by atoms with Crippen LogP contribution in [0.1, 0.15) is 48.0 Å². The summed E-state index contributed by atoms with van der Waals surface area (Å²) in [6.45, 7) is 10.3. The number of hydrogen-bond acceptors (Lipinski definition) is 7. The molecule has 0 fully saturated rings. The number of carbonyl (C=O) groups excluding carboxylic acids is 2. The predicted molar refractivity (Wildman–Crippen MR) is 84.4 cm³/mol. The summed E-state index contributed by atoms with van der Waals surface area (Å²) in [5, 5.41) is 16.3. The summed E-state index contributed by atoms with van der Waals surface area (Å²) in [4.78, 5) is 33.1. The molecule has 1 amide bonds. The molecule has 0 heterocycles. The quantitative estimate of drug-likeness (QED) is 0.595. The summed E-state index contributed by atoms with van der Waals surface area (Å²) in [6.07, 6.45) is -2.86. The zero-order chi connectivity index (χ0) is 19.6. The van der Waals surface area contributed by atoms with Gasteiger partial charge in [-0.05, 0) is 41.5 Å². The van der Waals surface area contributed by atoms with Gasteiger partial charge in [-0.15, -0.1) is 0 Å². The maximum absolute atomic E-state index is 11.0. The lowest BCUT2D eigenvalue weighted by Gasteiger charge is -2.20. The minimum absolute atomic E-state index is 0.253. The molecule has 0 aliphatic carbocycles. The molecule has 0 atom stereocenters. The fourth-order valence-corrected chi connectivity index (χ4v) is 0.923. The van der Waals surface area contributed by atoms with Crippen molar-refractivity contribution < 1.29 is 33.7 Å². The van der Waals surface area contributed by atoms with Crippen molar-refractivity contribution in [2.45, 2.75) is 59.2 Å². The lowest BCUT2D eigenvalue weighted by Crippen LogP contribution is -2.29. The Kier molecular flexibility index (Phi) is 10.2. The highest BCUT2D eigenvalue weighted by Crippen LogP contribution is 2.11. The highest BCUT2D eigenvalue weighted by molar-refractivity contribution is 5.77. The maximum atomic E-state index is 11.0. The summed E-state index contributed by atoms with van der Waals surface area (Å²) in [6, 6.07) is 1.85. The van der Waals surface area contributed by atoms with Crippen LogP contribution in [0.3, 0.4) is 0 Å². The molecule has 0 rings (SSSR count). The zero-order valence-corrected chi connectivity index (χ0v) is 15.2. The molecule has 9 heteroatoms. The Bertz CT molecular complexity index is 444. The molecule has 0 radical (unpaired) electrons. The number of ether oxygens (including phenoxy) is 3. The number of carboxylic acid groups (broad SMARTS) is 1. The molecule has 0 aromatic rings. The number of nitriles is 1. The van der Waals surface area contributed by atoms with Gasteiger partial charge in [0.15, 0.2) is 0 Å². The average molecular weight is 346 g/mol. The molecule has 0 spiro atoms. The van der Waals surface area contributed by atoms with Gasteiger partial charge in [0.1, 0.15) is 11.2 Å². The van der Waals surface area contributed by atoms with Crippen LogP contribution >= 0.6 is 0 Å². The molecule has 0 unspecified atom stereocenters. The second-order valence-electron chi connectivity index (χ2n) is 6.64. The van der Waals surface area contributed by atoms with E-state index < -0.39 is 29.6 Å². The number of hydrogen-bond donors (Lipinski definition) is 1. The van der Waals surface area contributed by atoms with Crippen LogP contribution in [0.2, 0.25) is 0 Å². The predicted octanol–water partition coefficient (Wildman–Crippen LogP) is 3.38. The van der Waals surface area contributed by atoms with Crippen molar-refractivity contribution in [3.05, 3.63) is 0 Å². The van der Waals surface area contributed by atoms with Gasteiger partial charge < -0.3 is 24.2 Å². The van der Waals surface area contributed by atoms with Crippen LogP contribution in [0, 0.1) is 11.3 Å². The molecule has 0 saturated carbocycles. The van der Waals surface area contributed by atoms with Crippen molar-refractivity contribution in [3.8, 4) is 6.07 Å². The van der Waals surface area contributed by atoms with Crippen molar-refractivity contribution in [1.82, 2.24) is 4.90 Å². The van der Waals surface area contributed by atoms with E-state index in [1.807, 2.05) is 6.07 Å². The van der Waals surface area contributed by atoms with Gasteiger partial charge in [0.25, 0.3) is 0 Å². The minimum atomic E-state index is -1.06. The normalized spacial score (nSPS) is 10.4. The molecule has 138 valence electrons. The first-order valence-corrected chi connectivity index (χ1v) is 7.12. The number of amides is 1. The van der Waals surface area contributed by atoms with E-state index in [1.165, 1.54) is 7.05 Å². The lowest BCUT2D eigenvalue weighted by atomic mass is 10.2. The Balaban J connectivity index is 0. The van der Waals surface area contributed by atoms with E-state index in [0.717, 1.165) is 4.90 Å². The molecule has 0 aliphatic heterocycles. The first-order valence-electron chi connectivity index (χ1n) is 7.12. The van der Waals surface area contributed by atoms with E-state index in [0.29, 0.717) is 0 Å². The fourth-order valence-electron chi connectivity index (χ4n) is 0.923. The van der Waals surface area contributed by atoms with Gasteiger partial charge in [-0.1, -0.05) is 0 Å². The zero-order valence-electron chi connectivity index (χ0n) is 15.2. The fraction of sp³-hybridized carbons (Fsp3) is 0.733. The van der Waals surface area contributed by atoms with Crippen molar-refractivity contribution in [2.75, 3.05) is 13.6 Å². The van der Waals surface area contributed by atoms with E-state index in [2.05, 4.69) is 4.74 Å². The van der Waals surface area contributed by atoms with E-state index in [1.54, 1.807) is 41.5 Å². The largest absolute Gasteiger partial charge is 0.519 e. The summed E-state index contributed by atoms with van der Waals surface area (Å²) in [7, 11) is 1.43. The first kappa shape index (κ1) is 23.8. The number of nitrogens with zero attached hydrogens (tertiary/aromatic N) is 2. The van der Waals surface area contributed by atoms with Crippen LogP contribution in [0.25, 0.3) is 0 Å². The summed E-state index contributed by atoms with van der Waals surface area (Å²) < 4.78 is 13.8. The second-order valence-corrected chi connectivity index (χ2v) is 6.64. The van der Waals surface area contributed by atoms with Crippen LogP contribution < -0.4 is 0 Å². The maximum Gasteiger partial charge on any atom is 0.519 e. The van der Waals surface area contributed by atoms with Crippen LogP contribution in [0.5, 0.6) is 0 Å². The molecule has 0 bridgehead atoms. The van der Waals surface area contributed by atoms with E-state index in [4.69, 9.17) is 19.8 Å². The summed E-state index contributed by atoms with van der Waals surface area (Å²) in [5.74, 6) is 0. The Morgan fingerprint density at radius 3 is 1.62 bits per heavy atom. The van der Waals surface area contributed by atoms with E-state index >= 15 is 0 Å². The Morgan fingerprint density at radius 2 is 1.38 bits per heavy atom. The highest BCUT2D eigenvalue weighted by Gasteiger charge is 2.24. The Morgan fingerprint density at radius 1 is 1.00 bits per heavy atom. The van der Waals surface area contributed by atoms with Gasteiger partial charge in [-0.25, -0.2) is 14.4 Å². The van der Waals surface area contributed by atoms with Crippen LogP contribution in [0.4, 0.5) is 14.4 Å². The standard InChI is InChI=1S/C10H18O5.C5H8N2O2/c1-9(2,3)14-7(11)13-8(12)15-10(4,5)6;1-7(5(8)9)4-2-3-6/h1-6H3;2,4H2,1H3,(H,8,9). The van der Waals surface area contributed by atoms with Crippen molar-refractivity contribution in [2.24, 2.45) is 0 Å². The lowest BCUT2D eigenvalue weighted by molar-refractivity contribution is -0.0293. The van der Waals surface area contributed by atoms with Gasteiger partial charge in [-0.2, -0.15) is 5.26 Å². The monoisotopic (exact) mass is 346 g/mol. The molecule has 9 nitrogen and oxygen atoms in total. The van der Waals surface area contributed by atoms with Crippen LogP contribution in [0.15, 0.2) is 0 Å². The van der Waals surface area contributed by atoms with Gasteiger partial charge in [0.2, 0.25) is 0 Å². The minimum Gasteiger partial charge on any atom is -0.465 e. The average Bonchev–Trinajstić information content (AvgIpc) is 2.31. The van der Waals surface area contributed by atoms with Gasteiger partial charge in [0.05, 0.1) is 12.5 Å². The van der Waals surface area contributed by atoms with Crippen LogP contribution in [-0.2, 0) is 14.2 Å². The molecule has 0 aromatic carbocycles. The smallest absolute Gasteiger partial charge is 0.465 e. The SMILES string of the molecule is CC(C)(C)OC(=O)OC(=O)OC(C)(C)C.CN(CCC#N)C(=O)O. The molecule has 0 aromatic heterocycles. The second kappa shape index (κ2) is 10.3. The Labute approximate surface area is 142 Å². The molecular formula is C15H26N2O7. The summed E-state index contributed by atoms with van der Waals surface area (Å²) in [5.41, 5.74) is -1.39. The molecule has 0 aliphatic rings. The van der Waals surface area contributed by atoms with Crippen LogP contribution in [-0.4, -0.2) is 53.2 Å². The molecular weight excluding hydrogens is 320 g/mol. The van der Waals surface area contributed by atoms with Crippen molar-refractivity contribution >= 4 is 18.4 Å². The van der Waals surface area contributed by atoms with E-state index in [-0.39, 0.29) is 13.0 Å². The van der Waals surface area contributed by atoms with Gasteiger partial charge >= 0.3 is 18.4 Å². The Hall–Kier alpha value is -2.50. The third-order valence-corrected chi connectivity index (χ3v) is 1.83. The van der Waals surface area contributed by atoms with Gasteiger partial charge in [-0.3, -0.25) is 0 Å². The number of carbonyl (C=O) groups is 3. The first-order chi connectivity index (χ1) is 10.7. The molecule has 1 N–H and O–H groups in total. The number of rotatable bonds is 2. The van der Waals surface area contributed by atoms with E-state index in [9.17, 15) is 14.4 Å². The molecule has 24 heavy (non-hydrogen) atoms. The highest BCUT2D eigenvalue weighted by atomic mass is 16.8. The third kappa shape index (κ3) is 17.6.